The standard InChI is InChI=1S/C11H17N3O6S/c12-5(10(17)18)1-2-8(15)13-6-3-21-4-7(11(19)20)14-9(6)16/h5-7H,1-4,12H2,(H,13,15)(H,14,16)(H,17,18)(H,19,20)/t5-,6-,7+/m0/s1. The quantitative estimate of drug-likeness (QED) is 0.375. The van der Waals surface area contributed by atoms with Crippen LogP contribution in [0.2, 0.25) is 0 Å². The Bertz CT molecular complexity index is 444. The van der Waals surface area contributed by atoms with Crippen molar-refractivity contribution in [2.75, 3.05) is 11.5 Å². The summed E-state index contributed by atoms with van der Waals surface area (Å²) in [5.41, 5.74) is 5.27. The van der Waals surface area contributed by atoms with Crippen molar-refractivity contribution in [1.82, 2.24) is 10.6 Å². The van der Waals surface area contributed by atoms with Gasteiger partial charge in [0, 0.05) is 17.9 Å². The fraction of sp³-hybridized carbons (Fsp3) is 0.636. The molecule has 0 aromatic carbocycles. The lowest BCUT2D eigenvalue weighted by Crippen LogP contribution is -2.51. The van der Waals surface area contributed by atoms with E-state index in [1.54, 1.807) is 0 Å². The van der Waals surface area contributed by atoms with Gasteiger partial charge in [-0.15, -0.1) is 0 Å². The second kappa shape index (κ2) is 7.84. The van der Waals surface area contributed by atoms with E-state index < -0.39 is 41.9 Å². The van der Waals surface area contributed by atoms with Crippen LogP contribution in [0.3, 0.4) is 0 Å². The Morgan fingerprint density at radius 2 is 2.05 bits per heavy atom. The third-order valence-electron chi connectivity index (χ3n) is 2.83. The van der Waals surface area contributed by atoms with Gasteiger partial charge in [-0.05, 0) is 6.42 Å². The number of carbonyl (C=O) groups excluding carboxylic acids is 2. The van der Waals surface area contributed by atoms with Crippen LogP contribution in [0.5, 0.6) is 0 Å². The number of carbonyl (C=O) groups is 4. The largest absolute Gasteiger partial charge is 0.480 e. The Labute approximate surface area is 124 Å². The summed E-state index contributed by atoms with van der Waals surface area (Å²) in [5, 5.41) is 22.2. The Hall–Kier alpha value is -1.81. The van der Waals surface area contributed by atoms with E-state index in [0.29, 0.717) is 0 Å². The molecule has 6 N–H and O–H groups in total. The summed E-state index contributed by atoms with van der Waals surface area (Å²) < 4.78 is 0. The number of carboxylic acids is 2. The van der Waals surface area contributed by atoms with Gasteiger partial charge >= 0.3 is 11.9 Å². The van der Waals surface area contributed by atoms with Gasteiger partial charge in [0.25, 0.3) is 0 Å². The number of nitrogens with two attached hydrogens (primary N) is 1. The predicted molar refractivity (Wildman–Crippen MR) is 73.7 cm³/mol. The van der Waals surface area contributed by atoms with Crippen molar-refractivity contribution in [3.8, 4) is 0 Å². The van der Waals surface area contributed by atoms with Gasteiger partial charge in [0.1, 0.15) is 18.1 Å². The molecule has 1 aliphatic heterocycles. The summed E-state index contributed by atoms with van der Waals surface area (Å²) in [5.74, 6) is -2.92. The van der Waals surface area contributed by atoms with Crippen LogP contribution >= 0.6 is 11.8 Å². The van der Waals surface area contributed by atoms with Crippen molar-refractivity contribution in [1.29, 1.82) is 0 Å². The maximum atomic E-state index is 11.8. The first-order valence-corrected chi connectivity index (χ1v) is 7.35. The number of hydrogen-bond donors (Lipinski definition) is 5. The first-order valence-electron chi connectivity index (χ1n) is 6.20. The molecule has 1 fully saturated rings. The van der Waals surface area contributed by atoms with Gasteiger partial charge in [0.05, 0.1) is 0 Å². The molecule has 2 amide bonds. The van der Waals surface area contributed by atoms with Crippen molar-refractivity contribution in [3.05, 3.63) is 0 Å². The summed E-state index contributed by atoms with van der Waals surface area (Å²) >= 11 is 1.24. The van der Waals surface area contributed by atoms with Crippen LogP contribution in [0.1, 0.15) is 12.8 Å². The van der Waals surface area contributed by atoms with Gasteiger partial charge in [0.2, 0.25) is 11.8 Å². The highest BCUT2D eigenvalue weighted by Gasteiger charge is 2.30. The van der Waals surface area contributed by atoms with Crippen molar-refractivity contribution in [2.24, 2.45) is 5.73 Å². The van der Waals surface area contributed by atoms with E-state index in [0.717, 1.165) is 0 Å². The van der Waals surface area contributed by atoms with Crippen LogP contribution in [0, 0.1) is 0 Å². The number of aliphatic carboxylic acids is 2. The summed E-state index contributed by atoms with van der Waals surface area (Å²) in [6.07, 6.45) is -0.162. The highest BCUT2D eigenvalue weighted by Crippen LogP contribution is 2.11. The number of amides is 2. The topological polar surface area (TPSA) is 159 Å². The van der Waals surface area contributed by atoms with Gasteiger partial charge < -0.3 is 26.6 Å². The van der Waals surface area contributed by atoms with Crippen molar-refractivity contribution in [3.63, 3.8) is 0 Å². The number of rotatable bonds is 6. The Morgan fingerprint density at radius 3 is 2.62 bits per heavy atom. The smallest absolute Gasteiger partial charge is 0.327 e. The zero-order valence-corrected chi connectivity index (χ0v) is 11.9. The lowest BCUT2D eigenvalue weighted by molar-refractivity contribution is -0.141. The molecule has 1 saturated heterocycles. The molecule has 0 aliphatic carbocycles. The van der Waals surface area contributed by atoms with E-state index >= 15 is 0 Å². The predicted octanol–water partition coefficient (Wildman–Crippen LogP) is -2.02. The third kappa shape index (κ3) is 5.60. The highest BCUT2D eigenvalue weighted by atomic mass is 32.2. The Balaban J connectivity index is 2.46. The van der Waals surface area contributed by atoms with Crippen LogP contribution < -0.4 is 16.4 Å². The maximum absolute atomic E-state index is 11.8. The van der Waals surface area contributed by atoms with Crippen LogP contribution in [-0.4, -0.2) is 63.6 Å². The Kier molecular flexibility index (Phi) is 6.43. The summed E-state index contributed by atoms with van der Waals surface area (Å²) in [4.78, 5) is 44.8. The maximum Gasteiger partial charge on any atom is 0.327 e. The lowest BCUT2D eigenvalue weighted by atomic mass is 10.1. The molecule has 21 heavy (non-hydrogen) atoms. The average molecular weight is 319 g/mol. The molecular formula is C11H17N3O6S. The summed E-state index contributed by atoms with van der Waals surface area (Å²) in [7, 11) is 0. The molecule has 0 saturated carbocycles. The number of hydrogen-bond acceptors (Lipinski definition) is 6. The van der Waals surface area contributed by atoms with Crippen LogP contribution in [0.15, 0.2) is 0 Å². The SMILES string of the molecule is N[C@@H](CCC(=O)N[C@H]1CSC[C@H](C(=O)O)NC1=O)C(=O)O. The van der Waals surface area contributed by atoms with E-state index in [4.69, 9.17) is 15.9 Å². The zero-order chi connectivity index (χ0) is 16.0. The van der Waals surface area contributed by atoms with Crippen LogP contribution in [-0.2, 0) is 19.2 Å². The van der Waals surface area contributed by atoms with E-state index in [9.17, 15) is 19.2 Å². The summed E-state index contributed by atoms with van der Waals surface area (Å²) in [6.45, 7) is 0. The molecular weight excluding hydrogens is 302 g/mol. The molecule has 0 spiro atoms. The fourth-order valence-corrected chi connectivity index (χ4v) is 2.68. The number of carboxylic acid groups (broad SMARTS) is 2. The Morgan fingerprint density at radius 1 is 1.38 bits per heavy atom. The number of nitrogens with one attached hydrogen (secondary N) is 2. The first kappa shape index (κ1) is 17.2. The van der Waals surface area contributed by atoms with Crippen LogP contribution in [0.4, 0.5) is 0 Å². The molecule has 9 nitrogen and oxygen atoms in total. The minimum absolute atomic E-state index is 0.0413. The molecule has 1 aliphatic rings. The van der Waals surface area contributed by atoms with Crippen molar-refractivity contribution >= 4 is 35.5 Å². The average Bonchev–Trinajstić information content (AvgIpc) is 2.58. The van der Waals surface area contributed by atoms with Crippen molar-refractivity contribution in [2.45, 2.75) is 31.0 Å². The molecule has 3 atom stereocenters. The van der Waals surface area contributed by atoms with E-state index in [1.807, 2.05) is 0 Å². The van der Waals surface area contributed by atoms with Gasteiger partial charge in [-0.3, -0.25) is 14.4 Å². The molecule has 0 radical (unpaired) electrons. The third-order valence-corrected chi connectivity index (χ3v) is 3.97. The fourth-order valence-electron chi connectivity index (χ4n) is 1.61. The second-order valence-electron chi connectivity index (χ2n) is 4.54. The minimum atomic E-state index is -1.20. The molecule has 10 heteroatoms. The molecule has 1 heterocycles. The van der Waals surface area contributed by atoms with Gasteiger partial charge in [0.15, 0.2) is 0 Å². The van der Waals surface area contributed by atoms with Gasteiger partial charge in [-0.2, -0.15) is 11.8 Å². The highest BCUT2D eigenvalue weighted by molar-refractivity contribution is 7.99. The van der Waals surface area contributed by atoms with Gasteiger partial charge in [-0.1, -0.05) is 0 Å². The molecule has 118 valence electrons. The first-order chi connectivity index (χ1) is 9.81. The number of thioether (sulfide) groups is 1. The molecule has 0 bridgehead atoms. The van der Waals surface area contributed by atoms with E-state index in [-0.39, 0.29) is 24.3 Å². The minimum Gasteiger partial charge on any atom is -0.480 e. The second-order valence-corrected chi connectivity index (χ2v) is 5.62. The van der Waals surface area contributed by atoms with E-state index in [2.05, 4.69) is 10.6 Å². The molecule has 0 aromatic rings. The van der Waals surface area contributed by atoms with Crippen LogP contribution in [0.25, 0.3) is 0 Å². The molecule has 1 rings (SSSR count). The zero-order valence-electron chi connectivity index (χ0n) is 11.1. The van der Waals surface area contributed by atoms with Crippen molar-refractivity contribution < 1.29 is 29.4 Å². The molecule has 0 unspecified atom stereocenters. The van der Waals surface area contributed by atoms with Gasteiger partial charge in [-0.25, -0.2) is 4.79 Å². The van der Waals surface area contributed by atoms with E-state index in [1.165, 1.54) is 11.8 Å². The normalized spacial score (nSPS) is 23.6. The summed E-state index contributed by atoms with van der Waals surface area (Å²) in [6, 6.07) is -2.96. The molecule has 0 aromatic heterocycles. The monoisotopic (exact) mass is 319 g/mol. The lowest BCUT2D eigenvalue weighted by Gasteiger charge is -2.16.